The van der Waals surface area contributed by atoms with Crippen LogP contribution in [0, 0.1) is 24.5 Å². The van der Waals surface area contributed by atoms with Crippen molar-refractivity contribution in [2.75, 3.05) is 0 Å². The molecule has 0 heterocycles. The molecule has 0 aromatic heterocycles. The first-order chi connectivity index (χ1) is 6.70. The number of hydrogen-bond acceptors (Lipinski definition) is 4. The van der Waals surface area contributed by atoms with Gasteiger partial charge >= 0.3 is 0 Å². The highest BCUT2D eigenvalue weighted by atomic mass is 32.2. The number of thiocyanates is 1. The first kappa shape index (κ1) is 10.9. The largest absolute Gasteiger partial charge is 0.194 e. The third-order valence-electron chi connectivity index (χ3n) is 1.90. The summed E-state index contributed by atoms with van der Waals surface area (Å²) in [5, 5.41) is 13.0. The highest BCUT2D eigenvalue weighted by Gasteiger charge is 2.06. The Bertz CT molecular complexity index is 440. The van der Waals surface area contributed by atoms with Gasteiger partial charge in [0.25, 0.3) is 0 Å². The molecule has 0 aliphatic heterocycles. The van der Waals surface area contributed by atoms with Gasteiger partial charge in [0, 0.05) is 4.90 Å². The summed E-state index contributed by atoms with van der Waals surface area (Å²) in [6.07, 6.45) is 0. The number of aliphatic imine (C=N–C) groups is 1. The average molecular weight is 220 g/mol. The van der Waals surface area contributed by atoms with E-state index in [2.05, 4.69) is 22.4 Å². The zero-order valence-electron chi connectivity index (χ0n) is 7.87. The Labute approximate surface area is 92.7 Å². The Morgan fingerprint density at radius 2 is 2.14 bits per heavy atom. The number of isothiocyanates is 1. The normalized spacial score (nSPS) is 8.93. The molecule has 0 saturated carbocycles. The van der Waals surface area contributed by atoms with Gasteiger partial charge in [-0.05, 0) is 55.0 Å². The summed E-state index contributed by atoms with van der Waals surface area (Å²) in [5.41, 5.74) is 2.84. The van der Waals surface area contributed by atoms with E-state index in [0.717, 1.165) is 33.5 Å². The summed E-state index contributed by atoms with van der Waals surface area (Å²) in [5.74, 6) is 0. The minimum atomic E-state index is 0.820. The van der Waals surface area contributed by atoms with E-state index in [9.17, 15) is 0 Å². The molecular weight excluding hydrogens is 212 g/mol. The average Bonchev–Trinajstić information content (AvgIpc) is 2.17. The topological polar surface area (TPSA) is 36.1 Å². The summed E-state index contributed by atoms with van der Waals surface area (Å²) in [4.78, 5) is 4.91. The van der Waals surface area contributed by atoms with Crippen LogP contribution in [0.2, 0.25) is 0 Å². The fraction of sp³-hybridized carbons (Fsp3) is 0.200. The smallest absolute Gasteiger partial charge is 0.138 e. The van der Waals surface area contributed by atoms with E-state index in [1.807, 2.05) is 31.4 Å². The second kappa shape index (κ2) is 4.92. The molecule has 0 spiro atoms. The Balaban J connectivity index is 3.34. The third-order valence-corrected chi connectivity index (χ3v) is 2.74. The Hall–Kier alpha value is -1.14. The molecule has 0 bridgehead atoms. The molecule has 1 aromatic carbocycles. The van der Waals surface area contributed by atoms with Crippen molar-refractivity contribution in [3.05, 3.63) is 23.3 Å². The Kier molecular flexibility index (Phi) is 3.84. The number of nitrogens with zero attached hydrogens (tertiary/aromatic N) is 2. The van der Waals surface area contributed by atoms with Crippen molar-refractivity contribution in [3.63, 3.8) is 0 Å². The second-order valence-electron chi connectivity index (χ2n) is 2.75. The van der Waals surface area contributed by atoms with E-state index in [0.29, 0.717) is 0 Å². The van der Waals surface area contributed by atoms with E-state index in [-0.39, 0.29) is 0 Å². The Morgan fingerprint density at radius 3 is 2.71 bits per heavy atom. The molecule has 0 saturated heterocycles. The zero-order valence-corrected chi connectivity index (χ0v) is 9.50. The molecule has 2 nitrogen and oxygen atoms in total. The number of rotatable bonds is 2. The maximum atomic E-state index is 8.58. The van der Waals surface area contributed by atoms with Crippen molar-refractivity contribution in [1.82, 2.24) is 0 Å². The Morgan fingerprint density at radius 1 is 1.43 bits per heavy atom. The lowest BCUT2D eigenvalue weighted by atomic mass is 10.1. The third kappa shape index (κ3) is 2.21. The molecule has 4 heteroatoms. The van der Waals surface area contributed by atoms with Crippen LogP contribution in [0.1, 0.15) is 11.1 Å². The van der Waals surface area contributed by atoms with Crippen LogP contribution < -0.4 is 0 Å². The fourth-order valence-corrected chi connectivity index (χ4v) is 1.77. The molecule has 70 valence electrons. The number of aryl methyl sites for hydroxylation is 1. The van der Waals surface area contributed by atoms with Crippen LogP contribution in [-0.2, 0) is 0 Å². The van der Waals surface area contributed by atoms with Gasteiger partial charge in [0.1, 0.15) is 5.40 Å². The number of hydrogen-bond donors (Lipinski definition) is 0. The first-order valence-corrected chi connectivity index (χ1v) is 5.17. The molecule has 0 aliphatic carbocycles. The minimum Gasteiger partial charge on any atom is -0.194 e. The number of benzene rings is 1. The van der Waals surface area contributed by atoms with Crippen LogP contribution in [0.15, 0.2) is 22.0 Å². The second-order valence-corrected chi connectivity index (χ2v) is 3.76. The van der Waals surface area contributed by atoms with Crippen LogP contribution in [0.5, 0.6) is 0 Å². The summed E-state index contributed by atoms with van der Waals surface area (Å²) in [7, 11) is 0. The zero-order chi connectivity index (χ0) is 10.6. The maximum absolute atomic E-state index is 8.58. The van der Waals surface area contributed by atoms with Gasteiger partial charge in [-0.15, -0.1) is 0 Å². The number of thiocarbonyl (C=S) groups is 1. The monoisotopic (exact) mass is 220 g/mol. The predicted octanol–water partition coefficient (Wildman–Crippen LogP) is 3.61. The van der Waals surface area contributed by atoms with E-state index < -0.39 is 0 Å². The van der Waals surface area contributed by atoms with Crippen LogP contribution >= 0.6 is 24.0 Å². The van der Waals surface area contributed by atoms with Crippen LogP contribution in [0.3, 0.4) is 0 Å². The van der Waals surface area contributed by atoms with E-state index in [4.69, 9.17) is 5.26 Å². The van der Waals surface area contributed by atoms with Crippen LogP contribution in [0.25, 0.3) is 0 Å². The van der Waals surface area contributed by atoms with Gasteiger partial charge in [0.05, 0.1) is 10.8 Å². The van der Waals surface area contributed by atoms with Crippen molar-refractivity contribution in [1.29, 1.82) is 5.26 Å². The van der Waals surface area contributed by atoms with Gasteiger partial charge in [-0.1, -0.05) is 6.07 Å². The lowest BCUT2D eigenvalue weighted by molar-refractivity contribution is 1.24. The van der Waals surface area contributed by atoms with Gasteiger partial charge in [-0.2, -0.15) is 10.3 Å². The molecule has 0 aliphatic rings. The first-order valence-electron chi connectivity index (χ1n) is 3.94. The van der Waals surface area contributed by atoms with Crippen LogP contribution in [0.4, 0.5) is 5.69 Å². The van der Waals surface area contributed by atoms with Crippen LogP contribution in [-0.4, -0.2) is 5.16 Å². The van der Waals surface area contributed by atoms with E-state index in [1.165, 1.54) is 0 Å². The minimum absolute atomic E-state index is 0.820. The SMILES string of the molecule is Cc1ccc(SC#N)c(C)c1N=C=S. The standard InChI is InChI=1S/C10H8N2S2/c1-7-3-4-9(14-5-11)8(2)10(7)12-6-13/h3-4H,1-2H3. The van der Waals surface area contributed by atoms with Gasteiger partial charge in [0.2, 0.25) is 0 Å². The summed E-state index contributed by atoms with van der Waals surface area (Å²) in [6.45, 7) is 3.89. The molecular formula is C10H8N2S2. The molecule has 0 amide bonds. The van der Waals surface area contributed by atoms with E-state index >= 15 is 0 Å². The summed E-state index contributed by atoms with van der Waals surface area (Å²) < 4.78 is 0. The van der Waals surface area contributed by atoms with Gasteiger partial charge in [-0.3, -0.25) is 0 Å². The van der Waals surface area contributed by atoms with Crippen molar-refractivity contribution < 1.29 is 0 Å². The molecule has 0 atom stereocenters. The number of thioether (sulfide) groups is 1. The maximum Gasteiger partial charge on any atom is 0.138 e. The molecule has 1 aromatic rings. The molecule has 0 radical (unpaired) electrons. The van der Waals surface area contributed by atoms with Gasteiger partial charge < -0.3 is 0 Å². The molecule has 0 N–H and O–H groups in total. The lowest BCUT2D eigenvalue weighted by Crippen LogP contribution is -1.83. The number of nitriles is 1. The lowest BCUT2D eigenvalue weighted by Gasteiger charge is -2.06. The summed E-state index contributed by atoms with van der Waals surface area (Å²) >= 11 is 5.71. The molecule has 0 fully saturated rings. The fourth-order valence-electron chi connectivity index (χ4n) is 1.19. The molecule has 14 heavy (non-hydrogen) atoms. The van der Waals surface area contributed by atoms with Crippen molar-refractivity contribution >= 4 is 34.8 Å². The van der Waals surface area contributed by atoms with Crippen molar-refractivity contribution in [2.45, 2.75) is 18.7 Å². The molecule has 1 rings (SSSR count). The quantitative estimate of drug-likeness (QED) is 0.330. The molecule has 0 unspecified atom stereocenters. The van der Waals surface area contributed by atoms with Gasteiger partial charge in [-0.25, -0.2) is 0 Å². The van der Waals surface area contributed by atoms with Gasteiger partial charge in [0.15, 0.2) is 0 Å². The predicted molar refractivity (Wildman–Crippen MR) is 62.1 cm³/mol. The summed E-state index contributed by atoms with van der Waals surface area (Å²) in [6, 6.07) is 3.85. The highest BCUT2D eigenvalue weighted by Crippen LogP contribution is 2.31. The van der Waals surface area contributed by atoms with Crippen molar-refractivity contribution in [3.8, 4) is 5.40 Å². The van der Waals surface area contributed by atoms with Crippen molar-refractivity contribution in [2.24, 2.45) is 4.99 Å². The highest BCUT2D eigenvalue weighted by molar-refractivity contribution is 8.03. The van der Waals surface area contributed by atoms with E-state index in [1.54, 1.807) is 0 Å².